The lowest BCUT2D eigenvalue weighted by molar-refractivity contribution is -0.130. The second kappa shape index (κ2) is 11.2. The highest BCUT2D eigenvalue weighted by Crippen LogP contribution is 2.30. The number of fused-ring (bicyclic) bond motifs is 2. The van der Waals surface area contributed by atoms with Gasteiger partial charge in [0, 0.05) is 58.4 Å². The summed E-state index contributed by atoms with van der Waals surface area (Å²) in [4.78, 5) is 25.1. The van der Waals surface area contributed by atoms with Crippen molar-refractivity contribution in [3.05, 3.63) is 78.2 Å². The van der Waals surface area contributed by atoms with E-state index >= 15 is 0 Å². The second-order valence-electron chi connectivity index (χ2n) is 10.8. The Balaban J connectivity index is 1.10. The van der Waals surface area contributed by atoms with Crippen LogP contribution >= 0.6 is 0 Å². The Morgan fingerprint density at radius 1 is 1.03 bits per heavy atom. The van der Waals surface area contributed by atoms with Crippen molar-refractivity contribution >= 4 is 22.8 Å². The topological polar surface area (TPSA) is 86.5 Å². The number of hydrogen-bond acceptors (Lipinski definition) is 6. The van der Waals surface area contributed by atoms with Gasteiger partial charge in [-0.05, 0) is 65.8 Å². The van der Waals surface area contributed by atoms with Gasteiger partial charge >= 0.3 is 0 Å². The van der Waals surface area contributed by atoms with Crippen LogP contribution in [0.3, 0.4) is 0 Å². The molecule has 1 saturated heterocycles. The summed E-state index contributed by atoms with van der Waals surface area (Å²) >= 11 is 0. The number of aliphatic hydroxyl groups is 1. The Kier molecular flexibility index (Phi) is 7.30. The molecule has 1 amide bonds. The van der Waals surface area contributed by atoms with Crippen molar-refractivity contribution in [2.24, 2.45) is 0 Å². The van der Waals surface area contributed by atoms with E-state index in [1.807, 2.05) is 29.6 Å². The highest BCUT2D eigenvalue weighted by Gasteiger charge is 2.23. The Morgan fingerprint density at radius 2 is 1.82 bits per heavy atom. The van der Waals surface area contributed by atoms with E-state index in [-0.39, 0.29) is 5.91 Å². The number of hydrogen-bond donors (Lipinski definition) is 2. The van der Waals surface area contributed by atoms with Crippen LogP contribution in [0.5, 0.6) is 0 Å². The van der Waals surface area contributed by atoms with Gasteiger partial charge in [-0.3, -0.25) is 9.69 Å². The fraction of sp³-hybridized carbons (Fsp3) is 0.387. The lowest BCUT2D eigenvalue weighted by Gasteiger charge is -2.32. The van der Waals surface area contributed by atoms with Crippen LogP contribution in [0.25, 0.3) is 22.2 Å². The number of nitrogens with one attached hydrogen (secondary N) is 1. The van der Waals surface area contributed by atoms with Crippen LogP contribution in [0.1, 0.15) is 36.9 Å². The summed E-state index contributed by atoms with van der Waals surface area (Å²) in [5.74, 6) is 0.902. The number of aromatic nitrogens is 3. The monoisotopic (exact) mass is 524 g/mol. The van der Waals surface area contributed by atoms with E-state index in [1.165, 1.54) is 11.1 Å². The third kappa shape index (κ3) is 5.67. The number of rotatable bonds is 7. The number of carbonyl (C=O) groups excluding carboxylic acids is 1. The zero-order chi connectivity index (χ0) is 26.8. The molecule has 8 nitrogen and oxygen atoms in total. The minimum atomic E-state index is -0.485. The molecule has 0 bridgehead atoms. The van der Waals surface area contributed by atoms with E-state index in [2.05, 4.69) is 67.2 Å². The molecule has 2 aromatic carbocycles. The molecule has 2 aliphatic rings. The average Bonchev–Trinajstić information content (AvgIpc) is 3.39. The fourth-order valence-electron chi connectivity index (χ4n) is 5.96. The summed E-state index contributed by atoms with van der Waals surface area (Å²) in [7, 11) is 0. The summed E-state index contributed by atoms with van der Waals surface area (Å²) in [6.07, 6.45) is 6.16. The zero-order valence-electron chi connectivity index (χ0n) is 22.5. The number of amides is 1. The van der Waals surface area contributed by atoms with Crippen molar-refractivity contribution < 1.29 is 9.90 Å². The van der Waals surface area contributed by atoms with Crippen LogP contribution in [0, 0.1) is 0 Å². The van der Waals surface area contributed by atoms with E-state index in [1.54, 1.807) is 6.92 Å². The SMILES string of the molecule is CC(=O)N1CCC(n2cnc3ccc(-c4ccnc(NCC(O)CN5CCc6ccccc6C5)c4)cc32)CC1. The van der Waals surface area contributed by atoms with Crippen LogP contribution in [0.4, 0.5) is 5.82 Å². The van der Waals surface area contributed by atoms with Gasteiger partial charge < -0.3 is 19.9 Å². The number of anilines is 1. The molecular weight excluding hydrogens is 488 g/mol. The Morgan fingerprint density at radius 3 is 2.64 bits per heavy atom. The average molecular weight is 525 g/mol. The summed E-state index contributed by atoms with van der Waals surface area (Å²) < 4.78 is 2.27. The van der Waals surface area contributed by atoms with E-state index < -0.39 is 6.10 Å². The molecule has 0 aliphatic carbocycles. The molecule has 0 saturated carbocycles. The molecule has 2 aromatic heterocycles. The maximum atomic E-state index is 11.7. The summed E-state index contributed by atoms with van der Waals surface area (Å²) in [5, 5.41) is 14.1. The van der Waals surface area contributed by atoms with Gasteiger partial charge in [0.15, 0.2) is 0 Å². The molecule has 1 unspecified atom stereocenters. The normalized spacial score (nSPS) is 17.2. The van der Waals surface area contributed by atoms with Gasteiger partial charge in [-0.25, -0.2) is 9.97 Å². The Labute approximate surface area is 229 Å². The predicted octanol–water partition coefficient (Wildman–Crippen LogP) is 4.11. The lowest BCUT2D eigenvalue weighted by Crippen LogP contribution is -2.39. The number of imidazole rings is 1. The number of nitrogens with zero attached hydrogens (tertiary/aromatic N) is 5. The smallest absolute Gasteiger partial charge is 0.219 e. The van der Waals surface area contributed by atoms with Gasteiger partial charge in [0.25, 0.3) is 0 Å². The molecule has 202 valence electrons. The summed E-state index contributed by atoms with van der Waals surface area (Å²) in [6, 6.07) is 19.3. The third-order valence-electron chi connectivity index (χ3n) is 8.17. The first-order chi connectivity index (χ1) is 19.0. The van der Waals surface area contributed by atoms with Crippen molar-refractivity contribution in [2.75, 3.05) is 38.0 Å². The Hall–Kier alpha value is -3.75. The molecular formula is C31H36N6O2. The minimum absolute atomic E-state index is 0.151. The summed E-state index contributed by atoms with van der Waals surface area (Å²) in [6.45, 7) is 6.15. The Bertz CT molecular complexity index is 1460. The molecule has 2 aliphatic heterocycles. The molecule has 39 heavy (non-hydrogen) atoms. The minimum Gasteiger partial charge on any atom is -0.390 e. The molecule has 4 aromatic rings. The highest BCUT2D eigenvalue weighted by atomic mass is 16.3. The molecule has 0 radical (unpaired) electrons. The maximum Gasteiger partial charge on any atom is 0.219 e. The van der Waals surface area contributed by atoms with Crippen molar-refractivity contribution in [3.63, 3.8) is 0 Å². The molecule has 1 atom stereocenters. The van der Waals surface area contributed by atoms with Crippen LogP contribution in [-0.2, 0) is 17.8 Å². The van der Waals surface area contributed by atoms with Gasteiger partial charge in [0.1, 0.15) is 5.82 Å². The summed E-state index contributed by atoms with van der Waals surface area (Å²) in [5.41, 5.74) is 7.03. The van der Waals surface area contributed by atoms with Gasteiger partial charge in [0.05, 0.1) is 23.5 Å². The first kappa shape index (κ1) is 25.5. The lowest BCUT2D eigenvalue weighted by atomic mass is 10.00. The number of pyridine rings is 1. The first-order valence-electron chi connectivity index (χ1n) is 13.9. The van der Waals surface area contributed by atoms with Crippen LogP contribution in [-0.4, -0.2) is 74.2 Å². The molecule has 8 heteroatoms. The van der Waals surface area contributed by atoms with Crippen molar-refractivity contribution in [3.8, 4) is 11.1 Å². The zero-order valence-corrected chi connectivity index (χ0v) is 22.5. The van der Waals surface area contributed by atoms with E-state index in [4.69, 9.17) is 0 Å². The van der Waals surface area contributed by atoms with Gasteiger partial charge in [-0.1, -0.05) is 30.3 Å². The second-order valence-corrected chi connectivity index (χ2v) is 10.8. The quantitative estimate of drug-likeness (QED) is 0.378. The van der Waals surface area contributed by atoms with Crippen molar-refractivity contribution in [1.82, 2.24) is 24.3 Å². The number of carbonyl (C=O) groups is 1. The molecule has 2 N–H and O–H groups in total. The largest absolute Gasteiger partial charge is 0.390 e. The predicted molar refractivity (Wildman–Crippen MR) is 153 cm³/mol. The standard InChI is InChI=1S/C31H36N6O2/c1-22(38)36-14-10-27(11-15-36)37-21-34-29-7-6-24(16-30(29)37)25-8-12-32-31(17-25)33-18-28(39)20-35-13-9-23-4-2-3-5-26(23)19-35/h2-8,12,16-17,21,27-28,39H,9-11,13-15,18-20H2,1H3,(H,32,33). The maximum absolute atomic E-state index is 11.7. The number of benzene rings is 2. The first-order valence-corrected chi connectivity index (χ1v) is 13.9. The van der Waals surface area contributed by atoms with Crippen LogP contribution in [0.15, 0.2) is 67.1 Å². The fourth-order valence-corrected chi connectivity index (χ4v) is 5.96. The van der Waals surface area contributed by atoms with E-state index in [9.17, 15) is 9.90 Å². The van der Waals surface area contributed by atoms with Crippen molar-refractivity contribution in [1.29, 1.82) is 0 Å². The molecule has 1 fully saturated rings. The third-order valence-corrected chi connectivity index (χ3v) is 8.17. The molecule has 0 spiro atoms. The van der Waals surface area contributed by atoms with Gasteiger partial charge in [0.2, 0.25) is 5.91 Å². The molecule has 6 rings (SSSR count). The van der Waals surface area contributed by atoms with Crippen LogP contribution in [0.2, 0.25) is 0 Å². The van der Waals surface area contributed by atoms with Crippen molar-refractivity contribution in [2.45, 2.75) is 44.9 Å². The number of piperidine rings is 1. The van der Waals surface area contributed by atoms with E-state index in [0.29, 0.717) is 19.1 Å². The highest BCUT2D eigenvalue weighted by molar-refractivity contribution is 5.82. The van der Waals surface area contributed by atoms with E-state index in [0.717, 1.165) is 73.4 Å². The number of likely N-dealkylation sites (tertiary alicyclic amines) is 1. The van der Waals surface area contributed by atoms with Gasteiger partial charge in [-0.2, -0.15) is 0 Å². The number of aliphatic hydroxyl groups excluding tert-OH is 1. The number of β-amino-alcohol motifs (C(OH)–C–C–N with tert-alkyl or cyclic N) is 1. The van der Waals surface area contributed by atoms with Crippen LogP contribution < -0.4 is 5.32 Å². The molecule has 4 heterocycles. The van der Waals surface area contributed by atoms with Gasteiger partial charge in [-0.15, -0.1) is 0 Å².